The number of benzene rings is 2. The number of amides is 1. The van der Waals surface area contributed by atoms with Crippen LogP contribution in [0.25, 0.3) is 0 Å². The van der Waals surface area contributed by atoms with E-state index in [0.717, 1.165) is 11.1 Å². The number of nitrogens with zero attached hydrogens (tertiary/aromatic N) is 2. The molecule has 0 bridgehead atoms. The minimum atomic E-state index is -0.733. The van der Waals surface area contributed by atoms with Gasteiger partial charge in [-0.15, -0.1) is 0 Å². The van der Waals surface area contributed by atoms with Crippen LogP contribution in [-0.4, -0.2) is 42.9 Å². The number of rotatable bonds is 5. The monoisotopic (exact) mass is 382 g/mol. The lowest BCUT2D eigenvalue weighted by atomic mass is 9.95. The molecule has 1 aliphatic heterocycles. The van der Waals surface area contributed by atoms with E-state index in [2.05, 4.69) is 5.10 Å². The van der Waals surface area contributed by atoms with Crippen LogP contribution < -0.4 is 9.47 Å². The smallest absolute Gasteiger partial charge is 0.303 e. The van der Waals surface area contributed by atoms with Crippen LogP contribution in [0, 0.1) is 0 Å². The van der Waals surface area contributed by atoms with Crippen molar-refractivity contribution in [1.29, 1.82) is 0 Å². The van der Waals surface area contributed by atoms with Crippen LogP contribution in [0.2, 0.25) is 0 Å². The van der Waals surface area contributed by atoms with E-state index in [0.29, 0.717) is 17.2 Å². The quantitative estimate of drug-likeness (QED) is 0.743. The van der Waals surface area contributed by atoms with Crippen LogP contribution in [0.4, 0.5) is 0 Å². The highest BCUT2D eigenvalue weighted by molar-refractivity contribution is 6.07. The van der Waals surface area contributed by atoms with Crippen molar-refractivity contribution >= 4 is 17.6 Å². The van der Waals surface area contributed by atoms with Gasteiger partial charge in [0.25, 0.3) is 0 Å². The van der Waals surface area contributed by atoms with Crippen molar-refractivity contribution in [3.8, 4) is 11.5 Å². The Balaban J connectivity index is 2.05. The van der Waals surface area contributed by atoms with Gasteiger partial charge in [0.05, 0.1) is 14.2 Å². The number of carbonyl (C=O) groups is 2. The first kappa shape index (κ1) is 19.4. The molecule has 146 valence electrons. The molecule has 7 heteroatoms. The van der Waals surface area contributed by atoms with Gasteiger partial charge in [0.1, 0.15) is 23.3 Å². The van der Waals surface area contributed by atoms with E-state index in [1.807, 2.05) is 24.3 Å². The molecule has 0 fully saturated rings. The second kappa shape index (κ2) is 8.12. The Morgan fingerprint density at radius 2 is 1.43 bits per heavy atom. The molecule has 1 amide bonds. The fourth-order valence-electron chi connectivity index (χ4n) is 3.18. The number of hydrogen-bond donors (Lipinski definition) is 0. The molecule has 28 heavy (non-hydrogen) atoms. The summed E-state index contributed by atoms with van der Waals surface area (Å²) in [7, 11) is 3.17. The summed E-state index contributed by atoms with van der Waals surface area (Å²) in [5, 5.41) is 5.86. The third-order valence-electron chi connectivity index (χ3n) is 4.49. The molecule has 0 radical (unpaired) electrons. The topological polar surface area (TPSA) is 77.4 Å². The van der Waals surface area contributed by atoms with Crippen LogP contribution in [-0.2, 0) is 14.3 Å². The average molecular weight is 382 g/mol. The summed E-state index contributed by atoms with van der Waals surface area (Å²) in [5.41, 5.74) is 2.04. The SMILES string of the molecule is COc1ccc(C2=NN(C(C)=O)[C@H](c3ccc(OC)cc3)[C@@H]2OC(C)=O)cc1. The Morgan fingerprint density at radius 1 is 0.893 bits per heavy atom. The number of carbonyl (C=O) groups excluding carboxylic acids is 2. The van der Waals surface area contributed by atoms with Crippen molar-refractivity contribution in [1.82, 2.24) is 5.01 Å². The molecule has 2 atom stereocenters. The molecule has 0 aliphatic carbocycles. The molecule has 0 unspecified atom stereocenters. The number of hydrazone groups is 1. The van der Waals surface area contributed by atoms with Crippen LogP contribution in [0.5, 0.6) is 11.5 Å². The summed E-state index contributed by atoms with van der Waals surface area (Å²) in [4.78, 5) is 24.1. The molecule has 0 saturated heterocycles. The molecule has 0 aromatic heterocycles. The maximum Gasteiger partial charge on any atom is 0.303 e. The molecule has 0 saturated carbocycles. The molecule has 2 aromatic rings. The van der Waals surface area contributed by atoms with Gasteiger partial charge in [0.2, 0.25) is 5.91 Å². The van der Waals surface area contributed by atoms with Crippen molar-refractivity contribution in [2.45, 2.75) is 26.0 Å². The Morgan fingerprint density at radius 3 is 1.89 bits per heavy atom. The van der Waals surface area contributed by atoms with Crippen LogP contribution in [0.3, 0.4) is 0 Å². The van der Waals surface area contributed by atoms with Gasteiger partial charge in [-0.3, -0.25) is 9.59 Å². The summed E-state index contributed by atoms with van der Waals surface area (Å²) in [6, 6.07) is 13.9. The van der Waals surface area contributed by atoms with Crippen LogP contribution >= 0.6 is 0 Å². The Bertz CT molecular complexity index is 890. The maximum absolute atomic E-state index is 12.3. The molecule has 0 N–H and O–H groups in total. The predicted octanol–water partition coefficient (Wildman–Crippen LogP) is 2.94. The normalized spacial score (nSPS) is 18.4. The highest BCUT2D eigenvalue weighted by Gasteiger charge is 2.43. The van der Waals surface area contributed by atoms with Gasteiger partial charge in [0.15, 0.2) is 6.10 Å². The molecule has 3 rings (SSSR count). The van der Waals surface area contributed by atoms with E-state index in [1.54, 1.807) is 38.5 Å². The van der Waals surface area contributed by atoms with Crippen molar-refractivity contribution < 1.29 is 23.8 Å². The lowest BCUT2D eigenvalue weighted by Gasteiger charge is -2.26. The zero-order valence-electron chi connectivity index (χ0n) is 16.2. The summed E-state index contributed by atoms with van der Waals surface area (Å²) in [5.74, 6) is 0.689. The first-order valence-corrected chi connectivity index (χ1v) is 8.78. The first-order chi connectivity index (χ1) is 13.4. The predicted molar refractivity (Wildman–Crippen MR) is 103 cm³/mol. The second-order valence-corrected chi connectivity index (χ2v) is 6.33. The fraction of sp³-hybridized carbons (Fsp3) is 0.286. The highest BCUT2D eigenvalue weighted by Crippen LogP contribution is 2.36. The molecule has 7 nitrogen and oxygen atoms in total. The maximum atomic E-state index is 12.3. The summed E-state index contributed by atoms with van der Waals surface area (Å²) in [6.45, 7) is 2.77. The van der Waals surface area contributed by atoms with Crippen LogP contribution in [0.15, 0.2) is 53.6 Å². The van der Waals surface area contributed by atoms with Crippen LogP contribution in [0.1, 0.15) is 31.0 Å². The Labute approximate surface area is 163 Å². The van der Waals surface area contributed by atoms with Gasteiger partial charge < -0.3 is 14.2 Å². The van der Waals surface area contributed by atoms with Crippen molar-refractivity contribution in [3.05, 3.63) is 59.7 Å². The zero-order valence-corrected chi connectivity index (χ0v) is 16.2. The number of methoxy groups -OCH3 is 2. The molecular formula is C21H22N2O5. The highest BCUT2D eigenvalue weighted by atomic mass is 16.5. The van der Waals surface area contributed by atoms with Gasteiger partial charge in [-0.05, 0) is 42.0 Å². The molecular weight excluding hydrogens is 360 g/mol. The molecule has 1 aliphatic rings. The minimum Gasteiger partial charge on any atom is -0.497 e. The van der Waals surface area contributed by atoms with E-state index in [4.69, 9.17) is 14.2 Å². The Hall–Kier alpha value is -3.35. The molecule has 2 aromatic carbocycles. The number of esters is 1. The lowest BCUT2D eigenvalue weighted by molar-refractivity contribution is -0.147. The molecule has 0 spiro atoms. The second-order valence-electron chi connectivity index (χ2n) is 6.33. The molecule has 1 heterocycles. The van der Waals surface area contributed by atoms with Crippen molar-refractivity contribution in [2.24, 2.45) is 5.10 Å². The fourth-order valence-corrected chi connectivity index (χ4v) is 3.18. The Kier molecular flexibility index (Phi) is 5.63. The minimum absolute atomic E-state index is 0.249. The van der Waals surface area contributed by atoms with E-state index in [1.165, 1.54) is 18.9 Å². The van der Waals surface area contributed by atoms with E-state index in [9.17, 15) is 9.59 Å². The summed E-state index contributed by atoms with van der Waals surface area (Å²) < 4.78 is 16.0. The zero-order chi connectivity index (χ0) is 20.3. The number of hydrogen-bond acceptors (Lipinski definition) is 6. The van der Waals surface area contributed by atoms with E-state index >= 15 is 0 Å². The van der Waals surface area contributed by atoms with E-state index < -0.39 is 18.1 Å². The van der Waals surface area contributed by atoms with Gasteiger partial charge in [0, 0.05) is 19.4 Å². The summed E-state index contributed by atoms with van der Waals surface area (Å²) in [6.07, 6.45) is -0.733. The summed E-state index contributed by atoms with van der Waals surface area (Å²) >= 11 is 0. The number of ether oxygens (including phenoxy) is 3. The van der Waals surface area contributed by atoms with E-state index in [-0.39, 0.29) is 5.91 Å². The van der Waals surface area contributed by atoms with Gasteiger partial charge in [-0.2, -0.15) is 5.10 Å². The largest absolute Gasteiger partial charge is 0.497 e. The third-order valence-corrected chi connectivity index (χ3v) is 4.49. The third kappa shape index (κ3) is 3.83. The van der Waals surface area contributed by atoms with Gasteiger partial charge in [-0.25, -0.2) is 5.01 Å². The standard InChI is InChI=1S/C21H22N2O5/c1-13(24)23-20(16-7-11-18(27-4)12-8-16)21(28-14(2)25)19(22-23)15-5-9-17(26-3)10-6-15/h5-12,20-21H,1-4H3/t20-,21-/m1/s1. The lowest BCUT2D eigenvalue weighted by Crippen LogP contribution is -2.35. The van der Waals surface area contributed by atoms with Crippen molar-refractivity contribution in [2.75, 3.05) is 14.2 Å². The van der Waals surface area contributed by atoms with Gasteiger partial charge >= 0.3 is 5.97 Å². The van der Waals surface area contributed by atoms with Crippen molar-refractivity contribution in [3.63, 3.8) is 0 Å². The average Bonchev–Trinajstić information content (AvgIpc) is 3.07. The van der Waals surface area contributed by atoms with Gasteiger partial charge in [-0.1, -0.05) is 12.1 Å². The first-order valence-electron chi connectivity index (χ1n) is 8.78.